The molecule has 0 unspecified atom stereocenters. The van der Waals surface area contributed by atoms with Gasteiger partial charge in [0, 0.05) is 5.54 Å². The highest BCUT2D eigenvalue weighted by molar-refractivity contribution is 5.00. The van der Waals surface area contributed by atoms with Crippen molar-refractivity contribution in [3.05, 3.63) is 0 Å². The van der Waals surface area contributed by atoms with Crippen LogP contribution < -0.4 is 11.1 Å². The van der Waals surface area contributed by atoms with Gasteiger partial charge in [0.25, 0.3) is 0 Å². The number of alkyl halides is 1. The fraction of sp³-hybridized carbons (Fsp3) is 1.00. The molecule has 1 rings (SSSR count). The van der Waals surface area contributed by atoms with Crippen molar-refractivity contribution in [3.63, 3.8) is 0 Å². The van der Waals surface area contributed by atoms with Crippen molar-refractivity contribution >= 4 is 0 Å². The number of rotatable bonds is 1. The van der Waals surface area contributed by atoms with Crippen molar-refractivity contribution in [2.45, 2.75) is 37.9 Å². The van der Waals surface area contributed by atoms with E-state index in [0.29, 0.717) is 12.8 Å². The lowest BCUT2D eigenvalue weighted by Gasteiger charge is -2.40. The summed E-state index contributed by atoms with van der Waals surface area (Å²) in [7, 11) is 0. The first-order valence-corrected chi connectivity index (χ1v) is 4.14. The van der Waals surface area contributed by atoms with Crippen LogP contribution in [0, 0.1) is 0 Å². The molecule has 1 saturated heterocycles. The van der Waals surface area contributed by atoms with E-state index in [1.807, 2.05) is 0 Å². The monoisotopic (exact) mass is 160 g/mol. The Morgan fingerprint density at radius 1 is 1.36 bits per heavy atom. The van der Waals surface area contributed by atoms with Gasteiger partial charge in [-0.3, -0.25) is 0 Å². The fourth-order valence-corrected chi connectivity index (χ4v) is 1.47. The highest BCUT2D eigenvalue weighted by Crippen LogP contribution is 2.32. The minimum absolute atomic E-state index is 0.538. The second kappa shape index (κ2) is 2.72. The third-order valence-electron chi connectivity index (χ3n) is 2.55. The van der Waals surface area contributed by atoms with Crippen LogP contribution in [-0.2, 0) is 0 Å². The minimum Gasteiger partial charge on any atom is -0.323 e. The summed E-state index contributed by atoms with van der Waals surface area (Å²) in [6.45, 7) is 5.02. The molecule has 1 fully saturated rings. The molecular formula is C8H17FN2. The van der Waals surface area contributed by atoms with Crippen molar-refractivity contribution in [2.24, 2.45) is 5.73 Å². The molecule has 0 aromatic carbocycles. The predicted molar refractivity (Wildman–Crippen MR) is 44.2 cm³/mol. The predicted octanol–water partition coefficient (Wildman–Crippen LogP) is 0.815. The van der Waals surface area contributed by atoms with E-state index in [4.69, 9.17) is 5.73 Å². The molecule has 0 radical (unpaired) electrons. The first kappa shape index (κ1) is 8.94. The van der Waals surface area contributed by atoms with Crippen LogP contribution in [0.2, 0.25) is 0 Å². The summed E-state index contributed by atoms with van der Waals surface area (Å²) in [5.74, 6) is 0. The van der Waals surface area contributed by atoms with E-state index in [9.17, 15) is 4.39 Å². The number of hydrogen-bond donors (Lipinski definition) is 2. The molecule has 0 spiro atoms. The van der Waals surface area contributed by atoms with E-state index in [2.05, 4.69) is 5.32 Å². The highest BCUT2D eigenvalue weighted by Gasteiger charge is 2.43. The number of piperidine rings is 1. The van der Waals surface area contributed by atoms with Gasteiger partial charge in [-0.05, 0) is 39.8 Å². The number of halogens is 1. The molecule has 0 atom stereocenters. The molecule has 0 aromatic rings. The second-order valence-corrected chi connectivity index (χ2v) is 3.94. The molecule has 0 aliphatic carbocycles. The summed E-state index contributed by atoms with van der Waals surface area (Å²) in [5.41, 5.74) is 3.87. The van der Waals surface area contributed by atoms with Crippen molar-refractivity contribution < 1.29 is 4.39 Å². The van der Waals surface area contributed by atoms with Gasteiger partial charge in [-0.15, -0.1) is 0 Å². The summed E-state index contributed by atoms with van der Waals surface area (Å²) >= 11 is 0. The molecule has 66 valence electrons. The van der Waals surface area contributed by atoms with Gasteiger partial charge in [0.1, 0.15) is 5.67 Å². The zero-order valence-electron chi connectivity index (χ0n) is 7.28. The Labute approximate surface area is 67.3 Å². The summed E-state index contributed by atoms with van der Waals surface area (Å²) in [6, 6.07) is 0. The summed E-state index contributed by atoms with van der Waals surface area (Å²) in [6.07, 6.45) is 1.08. The maximum absolute atomic E-state index is 13.9. The average Bonchev–Trinajstić information content (AvgIpc) is 1.87. The fourth-order valence-electron chi connectivity index (χ4n) is 1.47. The van der Waals surface area contributed by atoms with E-state index in [1.165, 1.54) is 0 Å². The maximum Gasteiger partial charge on any atom is 0.130 e. The Morgan fingerprint density at radius 2 is 1.82 bits per heavy atom. The van der Waals surface area contributed by atoms with E-state index < -0.39 is 11.2 Å². The zero-order valence-corrected chi connectivity index (χ0v) is 7.28. The number of hydrogen-bond acceptors (Lipinski definition) is 2. The van der Waals surface area contributed by atoms with Crippen LogP contribution in [0.5, 0.6) is 0 Å². The van der Waals surface area contributed by atoms with Crippen LogP contribution in [-0.4, -0.2) is 24.3 Å². The normalized spacial score (nSPS) is 25.1. The minimum atomic E-state index is -1.17. The van der Waals surface area contributed by atoms with Crippen molar-refractivity contribution in [2.75, 3.05) is 13.1 Å². The van der Waals surface area contributed by atoms with Crippen molar-refractivity contribution in [1.29, 1.82) is 0 Å². The highest BCUT2D eigenvalue weighted by atomic mass is 19.1. The van der Waals surface area contributed by atoms with Gasteiger partial charge in [0.15, 0.2) is 0 Å². The van der Waals surface area contributed by atoms with Gasteiger partial charge >= 0.3 is 0 Å². The van der Waals surface area contributed by atoms with Crippen LogP contribution in [0.1, 0.15) is 26.7 Å². The largest absolute Gasteiger partial charge is 0.323 e. The van der Waals surface area contributed by atoms with Crippen LogP contribution in [0.15, 0.2) is 0 Å². The molecule has 1 aliphatic rings. The molecule has 0 aromatic heterocycles. The Bertz CT molecular complexity index is 134. The number of nitrogens with one attached hydrogen (secondary N) is 1. The summed E-state index contributed by atoms with van der Waals surface area (Å²) in [4.78, 5) is 0. The van der Waals surface area contributed by atoms with Gasteiger partial charge in [-0.25, -0.2) is 4.39 Å². The average molecular weight is 160 g/mol. The SMILES string of the molecule is CC(C)(N)C1(F)CCNCC1. The van der Waals surface area contributed by atoms with E-state index >= 15 is 0 Å². The lowest BCUT2D eigenvalue weighted by Crippen LogP contribution is -2.57. The van der Waals surface area contributed by atoms with E-state index in [-0.39, 0.29) is 0 Å². The third kappa shape index (κ3) is 1.71. The molecule has 0 bridgehead atoms. The Kier molecular flexibility index (Phi) is 2.21. The lowest BCUT2D eigenvalue weighted by molar-refractivity contribution is 0.0419. The standard InChI is InChI=1S/C8H17FN2/c1-7(2,10)8(9)3-5-11-6-4-8/h11H,3-6,10H2,1-2H3. The van der Waals surface area contributed by atoms with Crippen molar-refractivity contribution in [1.82, 2.24) is 5.32 Å². The lowest BCUT2D eigenvalue weighted by atomic mass is 9.78. The van der Waals surface area contributed by atoms with Gasteiger partial charge in [-0.1, -0.05) is 0 Å². The molecule has 1 aliphatic heterocycles. The smallest absolute Gasteiger partial charge is 0.130 e. The van der Waals surface area contributed by atoms with Gasteiger partial charge in [0.2, 0.25) is 0 Å². The molecule has 0 saturated carbocycles. The van der Waals surface area contributed by atoms with E-state index in [1.54, 1.807) is 13.8 Å². The first-order chi connectivity index (χ1) is 4.96. The quantitative estimate of drug-likeness (QED) is 0.596. The first-order valence-electron chi connectivity index (χ1n) is 4.14. The van der Waals surface area contributed by atoms with Crippen LogP contribution >= 0.6 is 0 Å². The third-order valence-corrected chi connectivity index (χ3v) is 2.55. The van der Waals surface area contributed by atoms with Gasteiger partial charge in [-0.2, -0.15) is 0 Å². The Balaban J connectivity index is 2.64. The summed E-state index contributed by atoms with van der Waals surface area (Å²) < 4.78 is 13.9. The second-order valence-electron chi connectivity index (χ2n) is 3.94. The molecule has 0 amide bonds. The topological polar surface area (TPSA) is 38.0 Å². The van der Waals surface area contributed by atoms with Gasteiger partial charge < -0.3 is 11.1 Å². The van der Waals surface area contributed by atoms with Crippen LogP contribution in [0.3, 0.4) is 0 Å². The molecule has 2 nitrogen and oxygen atoms in total. The molecule has 3 heteroatoms. The zero-order chi connectivity index (χ0) is 8.54. The van der Waals surface area contributed by atoms with Crippen molar-refractivity contribution in [3.8, 4) is 0 Å². The molecule has 11 heavy (non-hydrogen) atoms. The van der Waals surface area contributed by atoms with Crippen LogP contribution in [0.4, 0.5) is 4.39 Å². The van der Waals surface area contributed by atoms with Crippen LogP contribution in [0.25, 0.3) is 0 Å². The summed E-state index contributed by atoms with van der Waals surface area (Å²) in [5, 5.41) is 3.12. The van der Waals surface area contributed by atoms with E-state index in [0.717, 1.165) is 13.1 Å². The Hall–Kier alpha value is -0.150. The molecule has 1 heterocycles. The number of nitrogens with two attached hydrogens (primary N) is 1. The molecular weight excluding hydrogens is 143 g/mol. The molecule has 3 N–H and O–H groups in total. The van der Waals surface area contributed by atoms with Gasteiger partial charge in [0.05, 0.1) is 0 Å². The maximum atomic E-state index is 13.9. The Morgan fingerprint density at radius 3 is 2.09 bits per heavy atom.